The molecule has 1 aromatic carbocycles. The van der Waals surface area contributed by atoms with Crippen LogP contribution in [0.15, 0.2) is 12.1 Å². The minimum absolute atomic E-state index is 0.0748. The van der Waals surface area contributed by atoms with Crippen LogP contribution in [0.25, 0.3) is 0 Å². The van der Waals surface area contributed by atoms with E-state index in [0.29, 0.717) is 17.7 Å². The van der Waals surface area contributed by atoms with E-state index in [1.165, 1.54) is 0 Å². The molecule has 18 heavy (non-hydrogen) atoms. The maximum atomic E-state index is 11.4. The third-order valence-electron chi connectivity index (χ3n) is 2.65. The van der Waals surface area contributed by atoms with E-state index < -0.39 is 5.91 Å². The fourth-order valence-corrected chi connectivity index (χ4v) is 1.82. The number of nitrogens with two attached hydrogens (primary N) is 1. The van der Waals surface area contributed by atoms with E-state index in [9.17, 15) is 9.59 Å². The van der Waals surface area contributed by atoms with Gasteiger partial charge < -0.3 is 10.5 Å². The topological polar surface area (TPSA) is 69.4 Å². The van der Waals surface area contributed by atoms with Gasteiger partial charge in [-0.05, 0) is 43.5 Å². The lowest BCUT2D eigenvalue weighted by Gasteiger charge is -2.12. The van der Waals surface area contributed by atoms with Crippen molar-refractivity contribution >= 4 is 11.7 Å². The monoisotopic (exact) mass is 249 g/mol. The summed E-state index contributed by atoms with van der Waals surface area (Å²) in [5.74, 6) is 0.273. The van der Waals surface area contributed by atoms with Gasteiger partial charge in [0.2, 0.25) is 5.91 Å². The first kappa shape index (κ1) is 14.2. The maximum absolute atomic E-state index is 11.4. The smallest absolute Gasteiger partial charge is 0.248 e. The number of hydrogen-bond acceptors (Lipinski definition) is 3. The number of rotatable bonds is 6. The van der Waals surface area contributed by atoms with Crippen LogP contribution in [0.4, 0.5) is 0 Å². The molecule has 0 aliphatic heterocycles. The highest BCUT2D eigenvalue weighted by Gasteiger charge is 2.10. The van der Waals surface area contributed by atoms with Crippen LogP contribution in [-0.4, -0.2) is 18.3 Å². The number of carbonyl (C=O) groups is 2. The summed E-state index contributed by atoms with van der Waals surface area (Å²) < 4.78 is 5.51. The summed E-state index contributed by atoms with van der Waals surface area (Å²) in [7, 11) is 0. The average molecular weight is 249 g/mol. The van der Waals surface area contributed by atoms with Gasteiger partial charge in [0.1, 0.15) is 12.4 Å². The van der Waals surface area contributed by atoms with E-state index in [1.807, 2.05) is 20.8 Å². The van der Waals surface area contributed by atoms with Gasteiger partial charge in [0.05, 0.1) is 0 Å². The van der Waals surface area contributed by atoms with Crippen LogP contribution < -0.4 is 10.5 Å². The zero-order valence-electron chi connectivity index (χ0n) is 11.1. The quantitative estimate of drug-likeness (QED) is 0.839. The zero-order chi connectivity index (χ0) is 13.7. The predicted molar refractivity (Wildman–Crippen MR) is 69.8 cm³/mol. The fraction of sp³-hybridized carbons (Fsp3) is 0.429. The molecule has 0 aliphatic carbocycles. The van der Waals surface area contributed by atoms with Gasteiger partial charge in [-0.1, -0.05) is 6.92 Å². The lowest BCUT2D eigenvalue weighted by molar-refractivity contribution is -0.121. The number of hydrogen-bond donors (Lipinski definition) is 1. The Morgan fingerprint density at radius 1 is 1.22 bits per heavy atom. The van der Waals surface area contributed by atoms with E-state index in [2.05, 4.69) is 0 Å². The molecule has 0 saturated heterocycles. The lowest BCUT2D eigenvalue weighted by atomic mass is 10.1. The molecule has 4 nitrogen and oxygen atoms in total. The standard InChI is InChI=1S/C14H19NO3/c1-4-5-12(16)8-18-13-9(2)6-11(14(15)17)7-10(13)3/h6-7H,4-5,8H2,1-3H3,(H2,15,17). The highest BCUT2D eigenvalue weighted by molar-refractivity contribution is 5.93. The summed E-state index contributed by atoms with van der Waals surface area (Å²) in [5, 5.41) is 0. The van der Waals surface area contributed by atoms with Crippen LogP contribution in [0.3, 0.4) is 0 Å². The second-order valence-corrected chi connectivity index (χ2v) is 4.38. The summed E-state index contributed by atoms with van der Waals surface area (Å²) in [6, 6.07) is 3.35. The van der Waals surface area contributed by atoms with Gasteiger partial charge >= 0.3 is 0 Å². The fourth-order valence-electron chi connectivity index (χ4n) is 1.82. The number of primary amides is 1. The number of ketones is 1. The predicted octanol–water partition coefficient (Wildman–Crippen LogP) is 2.15. The first-order chi connectivity index (χ1) is 8.45. The number of benzene rings is 1. The average Bonchev–Trinajstić information content (AvgIpc) is 2.27. The van der Waals surface area contributed by atoms with Crippen molar-refractivity contribution in [2.24, 2.45) is 5.73 Å². The molecule has 1 aromatic rings. The Labute approximate surface area is 107 Å². The van der Waals surface area contributed by atoms with Gasteiger partial charge in [-0.15, -0.1) is 0 Å². The molecule has 98 valence electrons. The molecule has 0 spiro atoms. The van der Waals surface area contributed by atoms with Crippen molar-refractivity contribution in [1.82, 2.24) is 0 Å². The molecule has 0 fully saturated rings. The van der Waals surface area contributed by atoms with E-state index >= 15 is 0 Å². The molecular formula is C14H19NO3. The van der Waals surface area contributed by atoms with E-state index in [4.69, 9.17) is 10.5 Å². The third kappa shape index (κ3) is 3.58. The largest absolute Gasteiger partial charge is 0.485 e. The van der Waals surface area contributed by atoms with E-state index in [-0.39, 0.29) is 12.4 Å². The molecular weight excluding hydrogens is 230 g/mol. The number of ether oxygens (including phenoxy) is 1. The van der Waals surface area contributed by atoms with Crippen LogP contribution in [0, 0.1) is 13.8 Å². The summed E-state index contributed by atoms with van der Waals surface area (Å²) >= 11 is 0. The molecule has 0 radical (unpaired) electrons. The number of Topliss-reactive ketones (excluding diaryl/α,β-unsaturated/α-hetero) is 1. The molecule has 0 aliphatic rings. The summed E-state index contributed by atoms with van der Waals surface area (Å²) in [6.45, 7) is 5.69. The van der Waals surface area contributed by atoms with Crippen molar-refractivity contribution < 1.29 is 14.3 Å². The molecule has 1 rings (SSSR count). The third-order valence-corrected chi connectivity index (χ3v) is 2.65. The first-order valence-corrected chi connectivity index (χ1v) is 6.01. The van der Waals surface area contributed by atoms with Gasteiger partial charge in [0, 0.05) is 12.0 Å². The van der Waals surface area contributed by atoms with Crippen LogP contribution in [-0.2, 0) is 4.79 Å². The maximum Gasteiger partial charge on any atom is 0.248 e. The molecule has 2 N–H and O–H groups in total. The molecule has 0 heterocycles. The van der Waals surface area contributed by atoms with Crippen LogP contribution in [0.2, 0.25) is 0 Å². The zero-order valence-corrected chi connectivity index (χ0v) is 11.1. The molecule has 0 atom stereocenters. The second kappa shape index (κ2) is 6.19. The molecule has 4 heteroatoms. The Kier molecular flexibility index (Phi) is 4.89. The lowest BCUT2D eigenvalue weighted by Crippen LogP contribution is -2.14. The van der Waals surface area contributed by atoms with Crippen molar-refractivity contribution in [3.63, 3.8) is 0 Å². The normalized spacial score (nSPS) is 10.2. The molecule has 1 amide bonds. The Balaban J connectivity index is 2.84. The molecule has 0 bridgehead atoms. The molecule has 0 saturated carbocycles. The van der Waals surface area contributed by atoms with Gasteiger partial charge in [0.25, 0.3) is 0 Å². The van der Waals surface area contributed by atoms with Crippen molar-refractivity contribution in [3.8, 4) is 5.75 Å². The summed E-state index contributed by atoms with van der Waals surface area (Å²) in [4.78, 5) is 22.5. The second-order valence-electron chi connectivity index (χ2n) is 4.38. The Morgan fingerprint density at radius 3 is 2.22 bits per heavy atom. The minimum Gasteiger partial charge on any atom is -0.485 e. The number of aryl methyl sites for hydroxylation is 2. The van der Waals surface area contributed by atoms with Crippen LogP contribution in [0.5, 0.6) is 5.75 Å². The van der Waals surface area contributed by atoms with Gasteiger partial charge in [-0.3, -0.25) is 9.59 Å². The van der Waals surface area contributed by atoms with Crippen LogP contribution in [0.1, 0.15) is 41.3 Å². The first-order valence-electron chi connectivity index (χ1n) is 6.01. The SMILES string of the molecule is CCCC(=O)COc1c(C)cc(C(N)=O)cc1C. The Bertz CT molecular complexity index is 443. The van der Waals surface area contributed by atoms with Gasteiger partial charge in [0.15, 0.2) is 5.78 Å². The van der Waals surface area contributed by atoms with Crippen LogP contribution >= 0.6 is 0 Å². The van der Waals surface area contributed by atoms with Gasteiger partial charge in [-0.2, -0.15) is 0 Å². The van der Waals surface area contributed by atoms with Crippen molar-refractivity contribution in [3.05, 3.63) is 28.8 Å². The van der Waals surface area contributed by atoms with E-state index in [1.54, 1.807) is 12.1 Å². The van der Waals surface area contributed by atoms with E-state index in [0.717, 1.165) is 17.5 Å². The molecule has 0 aromatic heterocycles. The van der Waals surface area contributed by atoms with Crippen molar-refractivity contribution in [2.45, 2.75) is 33.6 Å². The number of amides is 1. The highest BCUT2D eigenvalue weighted by Crippen LogP contribution is 2.24. The summed E-state index contributed by atoms with van der Waals surface area (Å²) in [5.41, 5.74) is 7.31. The molecule has 0 unspecified atom stereocenters. The minimum atomic E-state index is -0.463. The van der Waals surface area contributed by atoms with Crippen molar-refractivity contribution in [2.75, 3.05) is 6.61 Å². The van der Waals surface area contributed by atoms with Crippen molar-refractivity contribution in [1.29, 1.82) is 0 Å². The summed E-state index contributed by atoms with van der Waals surface area (Å²) in [6.07, 6.45) is 1.35. The Hall–Kier alpha value is -1.84. The highest BCUT2D eigenvalue weighted by atomic mass is 16.5. The Morgan fingerprint density at radius 2 is 1.78 bits per heavy atom. The number of carbonyl (C=O) groups excluding carboxylic acids is 2. The van der Waals surface area contributed by atoms with Gasteiger partial charge in [-0.25, -0.2) is 0 Å².